The first-order valence-electron chi connectivity index (χ1n) is 5.26. The summed E-state index contributed by atoms with van der Waals surface area (Å²) in [6.07, 6.45) is 0. The first kappa shape index (κ1) is 12.5. The number of carbonyl (C=O) groups is 1. The van der Waals surface area contributed by atoms with E-state index in [-0.39, 0.29) is 12.6 Å². The van der Waals surface area contributed by atoms with E-state index in [1.54, 1.807) is 18.2 Å². The highest BCUT2D eigenvalue weighted by atomic mass is 16.6. The van der Waals surface area contributed by atoms with Crippen molar-refractivity contribution in [1.82, 2.24) is 0 Å². The molecule has 1 rings (SSSR count). The second-order valence-electron chi connectivity index (χ2n) is 3.41. The molecule has 2 N–H and O–H groups in total. The minimum absolute atomic E-state index is 0.274. The average Bonchev–Trinajstić information content (AvgIpc) is 2.24. The molecule has 1 aromatic rings. The van der Waals surface area contributed by atoms with Crippen molar-refractivity contribution in [2.24, 2.45) is 0 Å². The minimum Gasteiger partial charge on any atom is -0.460 e. The van der Waals surface area contributed by atoms with E-state index in [4.69, 9.17) is 15.2 Å². The van der Waals surface area contributed by atoms with E-state index in [0.717, 1.165) is 5.56 Å². The zero-order valence-corrected chi connectivity index (χ0v) is 9.66. The molecule has 4 nitrogen and oxygen atoms in total. The zero-order valence-electron chi connectivity index (χ0n) is 9.66. The molecule has 16 heavy (non-hydrogen) atoms. The van der Waals surface area contributed by atoms with Gasteiger partial charge in [0.15, 0.2) is 0 Å². The summed E-state index contributed by atoms with van der Waals surface area (Å²) in [5, 5.41) is 0. The van der Waals surface area contributed by atoms with Crippen LogP contribution in [-0.4, -0.2) is 25.8 Å². The monoisotopic (exact) mass is 223 g/mol. The molecule has 0 amide bonds. The number of benzene rings is 1. The number of hydrogen-bond donors (Lipinski definition) is 1. The number of ether oxygens (including phenoxy) is 2. The third kappa shape index (κ3) is 3.55. The molecule has 0 fully saturated rings. The number of rotatable bonds is 5. The molecule has 0 bridgehead atoms. The molecule has 0 saturated carbocycles. The van der Waals surface area contributed by atoms with E-state index >= 15 is 0 Å². The van der Waals surface area contributed by atoms with Crippen LogP contribution in [0.4, 0.5) is 5.69 Å². The minimum atomic E-state index is -0.336. The van der Waals surface area contributed by atoms with Gasteiger partial charge in [0.05, 0.1) is 12.2 Å². The highest BCUT2D eigenvalue weighted by molar-refractivity contribution is 5.91. The molecular formula is C12H17NO3. The number of hydrogen-bond acceptors (Lipinski definition) is 4. The topological polar surface area (TPSA) is 61.5 Å². The normalized spacial score (nSPS) is 10.1. The van der Waals surface area contributed by atoms with Crippen LogP contribution in [0.15, 0.2) is 18.2 Å². The Kier molecular flexibility index (Phi) is 4.79. The van der Waals surface area contributed by atoms with Crippen LogP contribution in [0.3, 0.4) is 0 Å². The lowest BCUT2D eigenvalue weighted by Crippen LogP contribution is -2.12. The van der Waals surface area contributed by atoms with Crippen molar-refractivity contribution >= 4 is 11.7 Å². The van der Waals surface area contributed by atoms with Gasteiger partial charge < -0.3 is 15.2 Å². The smallest absolute Gasteiger partial charge is 0.338 e. The fraction of sp³-hybridized carbons (Fsp3) is 0.417. The van der Waals surface area contributed by atoms with Crippen molar-refractivity contribution in [1.29, 1.82) is 0 Å². The van der Waals surface area contributed by atoms with Crippen LogP contribution in [0.5, 0.6) is 0 Å². The third-order valence-electron chi connectivity index (χ3n) is 2.14. The van der Waals surface area contributed by atoms with Gasteiger partial charge in [-0.2, -0.15) is 0 Å². The second kappa shape index (κ2) is 6.12. The van der Waals surface area contributed by atoms with Gasteiger partial charge in [0.2, 0.25) is 0 Å². The van der Waals surface area contributed by atoms with Crippen LogP contribution in [0.25, 0.3) is 0 Å². The standard InChI is InChI=1S/C12H17NO3/c1-3-15-6-7-16-12(14)11-5-4-10(13)8-9(11)2/h4-5,8H,3,6-7,13H2,1-2H3. The van der Waals surface area contributed by atoms with E-state index in [2.05, 4.69) is 0 Å². The summed E-state index contributed by atoms with van der Waals surface area (Å²) in [6.45, 7) is 5.05. The summed E-state index contributed by atoms with van der Waals surface area (Å²) >= 11 is 0. The van der Waals surface area contributed by atoms with Gasteiger partial charge in [0.25, 0.3) is 0 Å². The van der Waals surface area contributed by atoms with Gasteiger partial charge >= 0.3 is 5.97 Å². The third-order valence-corrected chi connectivity index (χ3v) is 2.14. The van der Waals surface area contributed by atoms with Crippen LogP contribution in [0.2, 0.25) is 0 Å². The maximum atomic E-state index is 11.6. The van der Waals surface area contributed by atoms with Crippen molar-refractivity contribution in [3.63, 3.8) is 0 Å². The number of esters is 1. The number of carbonyl (C=O) groups excluding carboxylic acids is 1. The van der Waals surface area contributed by atoms with Gasteiger partial charge in [-0.3, -0.25) is 0 Å². The molecule has 0 unspecified atom stereocenters. The molecule has 0 saturated heterocycles. The highest BCUT2D eigenvalue weighted by Crippen LogP contribution is 2.13. The van der Waals surface area contributed by atoms with Crippen LogP contribution in [0, 0.1) is 6.92 Å². The van der Waals surface area contributed by atoms with Gasteiger partial charge in [0, 0.05) is 12.3 Å². The Labute approximate surface area is 95.3 Å². The van der Waals surface area contributed by atoms with Crippen LogP contribution >= 0.6 is 0 Å². The van der Waals surface area contributed by atoms with E-state index in [0.29, 0.717) is 24.5 Å². The molecule has 0 radical (unpaired) electrons. The zero-order chi connectivity index (χ0) is 12.0. The lowest BCUT2D eigenvalue weighted by Gasteiger charge is -2.07. The molecule has 0 aromatic heterocycles. The quantitative estimate of drug-likeness (QED) is 0.469. The fourth-order valence-electron chi connectivity index (χ4n) is 1.33. The molecule has 0 aliphatic rings. The Hall–Kier alpha value is -1.55. The maximum absolute atomic E-state index is 11.6. The van der Waals surface area contributed by atoms with Gasteiger partial charge in [-0.05, 0) is 37.6 Å². The Morgan fingerprint density at radius 1 is 1.38 bits per heavy atom. The number of anilines is 1. The van der Waals surface area contributed by atoms with E-state index < -0.39 is 0 Å². The summed E-state index contributed by atoms with van der Waals surface area (Å²) < 4.78 is 10.1. The number of nitrogens with two attached hydrogens (primary N) is 1. The van der Waals surface area contributed by atoms with E-state index in [1.165, 1.54) is 0 Å². The summed E-state index contributed by atoms with van der Waals surface area (Å²) in [7, 11) is 0. The number of aryl methyl sites for hydroxylation is 1. The molecule has 4 heteroatoms. The van der Waals surface area contributed by atoms with Crippen LogP contribution in [0.1, 0.15) is 22.8 Å². The summed E-state index contributed by atoms with van der Waals surface area (Å²) in [6, 6.07) is 5.11. The van der Waals surface area contributed by atoms with Crippen molar-refractivity contribution in [3.8, 4) is 0 Å². The largest absolute Gasteiger partial charge is 0.460 e. The average molecular weight is 223 g/mol. The summed E-state index contributed by atoms with van der Waals surface area (Å²) in [5.74, 6) is -0.336. The predicted molar refractivity (Wildman–Crippen MR) is 62.4 cm³/mol. The van der Waals surface area contributed by atoms with Gasteiger partial charge in [-0.15, -0.1) is 0 Å². The van der Waals surface area contributed by atoms with Crippen molar-refractivity contribution in [2.45, 2.75) is 13.8 Å². The SMILES string of the molecule is CCOCCOC(=O)c1ccc(N)cc1C. The summed E-state index contributed by atoms with van der Waals surface area (Å²) in [5.41, 5.74) is 7.60. The maximum Gasteiger partial charge on any atom is 0.338 e. The Morgan fingerprint density at radius 2 is 2.12 bits per heavy atom. The second-order valence-corrected chi connectivity index (χ2v) is 3.41. The predicted octanol–water partition coefficient (Wildman–Crippen LogP) is 1.77. The molecular weight excluding hydrogens is 206 g/mol. The molecule has 0 aliphatic carbocycles. The summed E-state index contributed by atoms with van der Waals surface area (Å²) in [4.78, 5) is 11.6. The van der Waals surface area contributed by atoms with Crippen molar-refractivity contribution in [3.05, 3.63) is 29.3 Å². The lowest BCUT2D eigenvalue weighted by atomic mass is 10.1. The van der Waals surface area contributed by atoms with E-state index in [1.807, 2.05) is 13.8 Å². The highest BCUT2D eigenvalue weighted by Gasteiger charge is 2.09. The Morgan fingerprint density at radius 3 is 2.75 bits per heavy atom. The first-order chi connectivity index (χ1) is 7.65. The number of nitrogen functional groups attached to an aromatic ring is 1. The molecule has 0 aliphatic heterocycles. The Bertz CT molecular complexity index is 363. The lowest BCUT2D eigenvalue weighted by molar-refractivity contribution is 0.0334. The van der Waals surface area contributed by atoms with Crippen molar-refractivity contribution in [2.75, 3.05) is 25.6 Å². The van der Waals surface area contributed by atoms with Crippen LogP contribution < -0.4 is 5.73 Å². The molecule has 1 aromatic carbocycles. The Balaban J connectivity index is 2.53. The molecule has 0 spiro atoms. The molecule has 0 atom stereocenters. The van der Waals surface area contributed by atoms with E-state index in [9.17, 15) is 4.79 Å². The van der Waals surface area contributed by atoms with Crippen molar-refractivity contribution < 1.29 is 14.3 Å². The molecule has 88 valence electrons. The molecule has 0 heterocycles. The van der Waals surface area contributed by atoms with Gasteiger partial charge in [0.1, 0.15) is 6.61 Å². The van der Waals surface area contributed by atoms with Gasteiger partial charge in [-0.1, -0.05) is 0 Å². The first-order valence-corrected chi connectivity index (χ1v) is 5.26. The fourth-order valence-corrected chi connectivity index (χ4v) is 1.33. The van der Waals surface area contributed by atoms with Crippen LogP contribution in [-0.2, 0) is 9.47 Å². The van der Waals surface area contributed by atoms with Gasteiger partial charge in [-0.25, -0.2) is 4.79 Å².